The van der Waals surface area contributed by atoms with E-state index in [-0.39, 0.29) is 5.84 Å². The minimum atomic E-state index is 0.0396. The van der Waals surface area contributed by atoms with E-state index in [0.29, 0.717) is 18.1 Å². The Labute approximate surface area is 119 Å². The number of likely N-dealkylation sites (N-methyl/N-ethyl adjacent to an activating group) is 1. The zero-order chi connectivity index (χ0) is 14.1. The number of nitrogen functional groups attached to an aromatic ring is 1. The molecule has 1 fully saturated rings. The molecule has 0 unspecified atom stereocenters. The van der Waals surface area contributed by atoms with Crippen LogP contribution >= 0.6 is 0 Å². The van der Waals surface area contributed by atoms with E-state index in [0.717, 1.165) is 37.5 Å². The van der Waals surface area contributed by atoms with Crippen LogP contribution in [0.1, 0.15) is 36.1 Å². The summed E-state index contributed by atoms with van der Waals surface area (Å²) in [7, 11) is 2.13. The van der Waals surface area contributed by atoms with Gasteiger partial charge in [-0.2, -0.15) is 0 Å². The number of pyridine rings is 1. The second-order valence-corrected chi connectivity index (χ2v) is 5.77. The first-order valence-corrected chi connectivity index (χ1v) is 7.35. The standard InChI is InChI=1S/C15H22N4O/c1-19(11-5-6-11)7-8-20-15-12(14(16)17)9-10-3-2-4-13(10)18-15/h9,11H,2-8H2,1H3,(H3,16,17). The molecule has 20 heavy (non-hydrogen) atoms. The van der Waals surface area contributed by atoms with Gasteiger partial charge in [0.25, 0.3) is 0 Å². The Kier molecular flexibility index (Phi) is 3.61. The molecule has 2 aliphatic carbocycles. The van der Waals surface area contributed by atoms with Crippen molar-refractivity contribution in [3.63, 3.8) is 0 Å². The number of hydrogen-bond donors (Lipinski definition) is 2. The van der Waals surface area contributed by atoms with E-state index in [1.807, 2.05) is 6.07 Å². The van der Waals surface area contributed by atoms with Gasteiger partial charge in [-0.05, 0) is 50.8 Å². The quantitative estimate of drug-likeness (QED) is 0.606. The van der Waals surface area contributed by atoms with Crippen molar-refractivity contribution >= 4 is 5.84 Å². The van der Waals surface area contributed by atoms with Crippen molar-refractivity contribution in [3.8, 4) is 5.88 Å². The molecule has 0 radical (unpaired) electrons. The highest BCUT2D eigenvalue weighted by molar-refractivity contribution is 5.97. The highest BCUT2D eigenvalue weighted by atomic mass is 16.5. The fraction of sp³-hybridized carbons (Fsp3) is 0.600. The molecule has 5 nitrogen and oxygen atoms in total. The van der Waals surface area contributed by atoms with E-state index >= 15 is 0 Å². The average Bonchev–Trinajstić information content (AvgIpc) is 3.17. The van der Waals surface area contributed by atoms with Gasteiger partial charge in [0.2, 0.25) is 5.88 Å². The second-order valence-electron chi connectivity index (χ2n) is 5.77. The Morgan fingerprint density at radius 2 is 2.30 bits per heavy atom. The Bertz CT molecular complexity index is 525. The van der Waals surface area contributed by atoms with Crippen LogP contribution in [0, 0.1) is 5.41 Å². The summed E-state index contributed by atoms with van der Waals surface area (Å²) in [5, 5.41) is 7.68. The van der Waals surface area contributed by atoms with Gasteiger partial charge < -0.3 is 15.4 Å². The third-order valence-electron chi connectivity index (χ3n) is 4.16. The maximum absolute atomic E-state index is 7.68. The molecule has 0 aliphatic heterocycles. The van der Waals surface area contributed by atoms with Crippen LogP contribution < -0.4 is 10.5 Å². The summed E-state index contributed by atoms with van der Waals surface area (Å²) in [5.74, 6) is 0.570. The van der Waals surface area contributed by atoms with Crippen LogP contribution in [0.25, 0.3) is 0 Å². The van der Waals surface area contributed by atoms with E-state index < -0.39 is 0 Å². The first-order valence-electron chi connectivity index (χ1n) is 7.35. The number of aryl methyl sites for hydroxylation is 2. The van der Waals surface area contributed by atoms with Gasteiger partial charge in [0.1, 0.15) is 12.4 Å². The summed E-state index contributed by atoms with van der Waals surface area (Å²) in [4.78, 5) is 6.89. The number of rotatable bonds is 6. The number of nitrogens with one attached hydrogen (secondary N) is 1. The molecule has 0 amide bonds. The van der Waals surface area contributed by atoms with Crippen LogP contribution in [0.2, 0.25) is 0 Å². The smallest absolute Gasteiger partial charge is 0.224 e. The lowest BCUT2D eigenvalue weighted by Gasteiger charge is -2.17. The summed E-state index contributed by atoms with van der Waals surface area (Å²) in [6.07, 6.45) is 5.77. The fourth-order valence-corrected chi connectivity index (χ4v) is 2.74. The minimum Gasteiger partial charge on any atom is -0.476 e. The molecule has 0 saturated heterocycles. The first-order chi connectivity index (χ1) is 9.65. The number of fused-ring (bicyclic) bond motifs is 1. The van der Waals surface area contributed by atoms with Gasteiger partial charge in [0.05, 0.1) is 5.56 Å². The maximum atomic E-state index is 7.68. The average molecular weight is 274 g/mol. The molecule has 108 valence electrons. The van der Waals surface area contributed by atoms with Gasteiger partial charge in [-0.25, -0.2) is 4.98 Å². The lowest BCUT2D eigenvalue weighted by atomic mass is 10.1. The van der Waals surface area contributed by atoms with Crippen molar-refractivity contribution in [3.05, 3.63) is 22.9 Å². The van der Waals surface area contributed by atoms with Crippen LogP contribution in [0.5, 0.6) is 5.88 Å². The Hall–Kier alpha value is -1.62. The van der Waals surface area contributed by atoms with Crippen molar-refractivity contribution in [2.24, 2.45) is 5.73 Å². The Balaban J connectivity index is 1.69. The van der Waals surface area contributed by atoms with Gasteiger partial charge >= 0.3 is 0 Å². The fourth-order valence-electron chi connectivity index (χ4n) is 2.74. The number of amidine groups is 1. The van der Waals surface area contributed by atoms with Crippen molar-refractivity contribution in [2.45, 2.75) is 38.1 Å². The molecule has 1 heterocycles. The highest BCUT2D eigenvalue weighted by Crippen LogP contribution is 2.27. The van der Waals surface area contributed by atoms with Crippen LogP contribution in [0.15, 0.2) is 6.07 Å². The number of nitrogens with two attached hydrogens (primary N) is 1. The molecule has 0 bridgehead atoms. The summed E-state index contributed by atoms with van der Waals surface area (Å²) in [5.41, 5.74) is 8.62. The van der Waals surface area contributed by atoms with E-state index in [1.54, 1.807) is 0 Å². The predicted octanol–water partition coefficient (Wildman–Crippen LogP) is 1.33. The molecular formula is C15H22N4O. The first kappa shape index (κ1) is 13.4. The topological polar surface area (TPSA) is 75.2 Å². The van der Waals surface area contributed by atoms with Crippen molar-refractivity contribution in [1.29, 1.82) is 5.41 Å². The lowest BCUT2D eigenvalue weighted by Crippen LogP contribution is -2.27. The Morgan fingerprint density at radius 1 is 1.50 bits per heavy atom. The van der Waals surface area contributed by atoms with Crippen molar-refractivity contribution in [1.82, 2.24) is 9.88 Å². The van der Waals surface area contributed by atoms with Crippen LogP contribution in [-0.2, 0) is 12.8 Å². The lowest BCUT2D eigenvalue weighted by molar-refractivity contribution is 0.226. The number of nitrogens with zero attached hydrogens (tertiary/aromatic N) is 2. The number of hydrogen-bond acceptors (Lipinski definition) is 4. The van der Waals surface area contributed by atoms with Gasteiger partial charge in [-0.3, -0.25) is 5.41 Å². The SMILES string of the molecule is CN(CCOc1nc2c(cc1C(=N)N)CCC2)C1CC1. The second kappa shape index (κ2) is 5.40. The van der Waals surface area contributed by atoms with Crippen LogP contribution in [-0.4, -0.2) is 42.0 Å². The van der Waals surface area contributed by atoms with Gasteiger partial charge in [0, 0.05) is 18.3 Å². The molecule has 5 heteroatoms. The number of aromatic nitrogens is 1. The molecular weight excluding hydrogens is 252 g/mol. The van der Waals surface area contributed by atoms with E-state index in [2.05, 4.69) is 16.9 Å². The summed E-state index contributed by atoms with van der Waals surface area (Å²) in [6.45, 7) is 1.49. The molecule has 3 N–H and O–H groups in total. The molecule has 1 aromatic rings. The molecule has 0 aromatic carbocycles. The van der Waals surface area contributed by atoms with E-state index in [1.165, 1.54) is 18.4 Å². The monoisotopic (exact) mass is 274 g/mol. The number of ether oxygens (including phenoxy) is 1. The zero-order valence-corrected chi connectivity index (χ0v) is 12.0. The normalized spacial score (nSPS) is 17.3. The van der Waals surface area contributed by atoms with Gasteiger partial charge in [0.15, 0.2) is 0 Å². The molecule has 0 spiro atoms. The molecule has 1 saturated carbocycles. The van der Waals surface area contributed by atoms with Crippen LogP contribution in [0.4, 0.5) is 0 Å². The summed E-state index contributed by atoms with van der Waals surface area (Å²) >= 11 is 0. The third-order valence-corrected chi connectivity index (χ3v) is 4.16. The van der Waals surface area contributed by atoms with Crippen molar-refractivity contribution < 1.29 is 4.74 Å². The van der Waals surface area contributed by atoms with Crippen LogP contribution in [0.3, 0.4) is 0 Å². The molecule has 0 atom stereocenters. The minimum absolute atomic E-state index is 0.0396. The zero-order valence-electron chi connectivity index (χ0n) is 12.0. The van der Waals surface area contributed by atoms with E-state index in [4.69, 9.17) is 15.9 Å². The van der Waals surface area contributed by atoms with E-state index in [9.17, 15) is 0 Å². The predicted molar refractivity (Wildman–Crippen MR) is 78.4 cm³/mol. The Morgan fingerprint density at radius 3 is 3.00 bits per heavy atom. The van der Waals surface area contributed by atoms with Crippen molar-refractivity contribution in [2.75, 3.05) is 20.2 Å². The highest BCUT2D eigenvalue weighted by Gasteiger charge is 2.26. The molecule has 1 aromatic heterocycles. The van der Waals surface area contributed by atoms with Gasteiger partial charge in [-0.1, -0.05) is 0 Å². The molecule has 3 rings (SSSR count). The third kappa shape index (κ3) is 2.77. The largest absolute Gasteiger partial charge is 0.476 e. The maximum Gasteiger partial charge on any atom is 0.224 e. The summed E-state index contributed by atoms with van der Waals surface area (Å²) in [6, 6.07) is 2.72. The summed E-state index contributed by atoms with van der Waals surface area (Å²) < 4.78 is 5.80. The van der Waals surface area contributed by atoms with Gasteiger partial charge in [-0.15, -0.1) is 0 Å². The molecule has 2 aliphatic rings.